The summed E-state index contributed by atoms with van der Waals surface area (Å²) in [4.78, 5) is 9.24. The number of guanidine groups is 1. The number of piperazine rings is 1. The molecule has 26 heavy (non-hydrogen) atoms. The summed E-state index contributed by atoms with van der Waals surface area (Å²) in [5.74, 6) is 1.99. The van der Waals surface area contributed by atoms with Crippen molar-refractivity contribution in [2.24, 2.45) is 4.99 Å². The minimum atomic E-state index is 0.834. The predicted octanol–water partition coefficient (Wildman–Crippen LogP) is 2.73. The molecule has 5 heteroatoms. The molecule has 1 N–H and O–H groups in total. The van der Waals surface area contributed by atoms with Gasteiger partial charge in [-0.25, -0.2) is 0 Å². The van der Waals surface area contributed by atoms with Crippen LogP contribution in [0.15, 0.2) is 64.2 Å². The van der Waals surface area contributed by atoms with Crippen LogP contribution in [0.1, 0.15) is 11.3 Å². The molecule has 0 aliphatic carbocycles. The summed E-state index contributed by atoms with van der Waals surface area (Å²) >= 11 is 0. The van der Waals surface area contributed by atoms with Gasteiger partial charge in [-0.2, -0.15) is 0 Å². The van der Waals surface area contributed by atoms with Crippen molar-refractivity contribution in [3.63, 3.8) is 0 Å². The minimum Gasteiger partial charge on any atom is -0.469 e. The monoisotopic (exact) mass is 352 g/mol. The van der Waals surface area contributed by atoms with E-state index >= 15 is 0 Å². The summed E-state index contributed by atoms with van der Waals surface area (Å²) in [6, 6.07) is 14.4. The molecule has 0 unspecified atom stereocenters. The molecule has 0 saturated carbocycles. The quantitative estimate of drug-likeness (QED) is 0.641. The third-order valence-electron chi connectivity index (χ3n) is 4.59. The highest BCUT2D eigenvalue weighted by molar-refractivity contribution is 5.80. The molecule has 2 heterocycles. The Morgan fingerprint density at radius 2 is 1.92 bits per heavy atom. The Balaban J connectivity index is 1.38. The summed E-state index contributed by atoms with van der Waals surface area (Å²) in [6.07, 6.45) is 7.04. The normalized spacial score (nSPS) is 16.3. The van der Waals surface area contributed by atoms with Gasteiger partial charge in [0.15, 0.2) is 5.96 Å². The molecule has 138 valence electrons. The van der Waals surface area contributed by atoms with Gasteiger partial charge in [0.05, 0.1) is 6.26 Å². The van der Waals surface area contributed by atoms with Crippen molar-refractivity contribution in [2.75, 3.05) is 46.3 Å². The number of hydrogen-bond acceptors (Lipinski definition) is 3. The predicted molar refractivity (Wildman–Crippen MR) is 107 cm³/mol. The fraction of sp³-hybridized carbons (Fsp3) is 0.381. The molecule has 3 rings (SSSR count). The molecule has 0 atom stereocenters. The minimum absolute atomic E-state index is 0.834. The van der Waals surface area contributed by atoms with E-state index in [4.69, 9.17) is 4.42 Å². The van der Waals surface area contributed by atoms with E-state index in [1.54, 1.807) is 6.26 Å². The third-order valence-corrected chi connectivity index (χ3v) is 4.59. The van der Waals surface area contributed by atoms with Crippen molar-refractivity contribution in [3.05, 3.63) is 66.1 Å². The third kappa shape index (κ3) is 5.49. The fourth-order valence-corrected chi connectivity index (χ4v) is 3.13. The number of nitrogens with zero attached hydrogens (tertiary/aromatic N) is 3. The van der Waals surface area contributed by atoms with E-state index in [1.807, 2.05) is 25.2 Å². The second kappa shape index (κ2) is 9.82. The molecule has 0 amide bonds. The summed E-state index contributed by atoms with van der Waals surface area (Å²) in [5.41, 5.74) is 1.26. The number of nitrogens with one attached hydrogen (secondary N) is 1. The van der Waals surface area contributed by atoms with Crippen molar-refractivity contribution < 1.29 is 4.42 Å². The van der Waals surface area contributed by atoms with Crippen LogP contribution >= 0.6 is 0 Å². The maximum Gasteiger partial charge on any atom is 0.193 e. The van der Waals surface area contributed by atoms with Crippen molar-refractivity contribution in [1.82, 2.24) is 15.1 Å². The van der Waals surface area contributed by atoms with Gasteiger partial charge in [-0.3, -0.25) is 9.89 Å². The topological polar surface area (TPSA) is 44.0 Å². The van der Waals surface area contributed by atoms with E-state index in [9.17, 15) is 0 Å². The van der Waals surface area contributed by atoms with Gasteiger partial charge in [0.25, 0.3) is 0 Å². The van der Waals surface area contributed by atoms with E-state index < -0.39 is 0 Å². The lowest BCUT2D eigenvalue weighted by Crippen LogP contribution is -2.52. The van der Waals surface area contributed by atoms with Crippen LogP contribution in [-0.4, -0.2) is 62.1 Å². The number of benzene rings is 1. The second-order valence-corrected chi connectivity index (χ2v) is 6.40. The Morgan fingerprint density at radius 3 is 2.62 bits per heavy atom. The number of rotatable bonds is 6. The largest absolute Gasteiger partial charge is 0.469 e. The van der Waals surface area contributed by atoms with Crippen LogP contribution in [0.25, 0.3) is 6.08 Å². The lowest BCUT2D eigenvalue weighted by Gasteiger charge is -2.36. The Morgan fingerprint density at radius 1 is 1.12 bits per heavy atom. The lowest BCUT2D eigenvalue weighted by molar-refractivity contribution is 0.194. The van der Waals surface area contributed by atoms with E-state index in [0.29, 0.717) is 0 Å². The first-order chi connectivity index (χ1) is 12.8. The van der Waals surface area contributed by atoms with Crippen molar-refractivity contribution in [2.45, 2.75) is 6.42 Å². The van der Waals surface area contributed by atoms with Gasteiger partial charge in [-0.05, 0) is 17.7 Å². The second-order valence-electron chi connectivity index (χ2n) is 6.40. The Hall–Kier alpha value is -2.53. The van der Waals surface area contributed by atoms with Crippen LogP contribution in [0.2, 0.25) is 0 Å². The lowest BCUT2D eigenvalue weighted by atomic mass is 10.2. The summed E-state index contributed by atoms with van der Waals surface area (Å²) in [5, 5.41) is 3.44. The number of aliphatic imine (C=N–C) groups is 1. The molecule has 5 nitrogen and oxygen atoms in total. The zero-order valence-electron chi connectivity index (χ0n) is 15.5. The van der Waals surface area contributed by atoms with Crippen LogP contribution in [0.5, 0.6) is 0 Å². The summed E-state index contributed by atoms with van der Waals surface area (Å²) in [6.45, 7) is 5.93. The highest BCUT2D eigenvalue weighted by Crippen LogP contribution is 2.05. The van der Waals surface area contributed by atoms with Crippen LogP contribution in [-0.2, 0) is 6.42 Å². The van der Waals surface area contributed by atoms with Gasteiger partial charge in [0.2, 0.25) is 0 Å². The van der Waals surface area contributed by atoms with Gasteiger partial charge < -0.3 is 14.6 Å². The highest BCUT2D eigenvalue weighted by atomic mass is 16.3. The van der Waals surface area contributed by atoms with Gasteiger partial charge in [-0.1, -0.05) is 42.5 Å². The molecule has 1 aliphatic heterocycles. The van der Waals surface area contributed by atoms with E-state index in [2.05, 4.69) is 56.5 Å². The zero-order chi connectivity index (χ0) is 18.0. The molecular weight excluding hydrogens is 324 g/mol. The van der Waals surface area contributed by atoms with E-state index in [-0.39, 0.29) is 0 Å². The Bertz CT molecular complexity index is 686. The number of hydrogen-bond donors (Lipinski definition) is 1. The molecule has 1 aromatic carbocycles. The zero-order valence-corrected chi connectivity index (χ0v) is 15.5. The van der Waals surface area contributed by atoms with Gasteiger partial charge >= 0.3 is 0 Å². The Kier molecular flexibility index (Phi) is 6.90. The summed E-state index contributed by atoms with van der Waals surface area (Å²) < 4.78 is 5.37. The van der Waals surface area contributed by atoms with E-state index in [0.717, 1.165) is 57.4 Å². The molecule has 1 saturated heterocycles. The maximum absolute atomic E-state index is 5.37. The average molecular weight is 352 g/mol. The first-order valence-corrected chi connectivity index (χ1v) is 9.27. The molecule has 0 bridgehead atoms. The molecule has 0 spiro atoms. The van der Waals surface area contributed by atoms with Crippen LogP contribution in [0.3, 0.4) is 0 Å². The molecular formula is C21H28N4O. The molecule has 1 aromatic heterocycles. The van der Waals surface area contributed by atoms with Crippen molar-refractivity contribution >= 4 is 12.0 Å². The maximum atomic E-state index is 5.37. The van der Waals surface area contributed by atoms with Crippen LogP contribution in [0.4, 0.5) is 0 Å². The summed E-state index contributed by atoms with van der Waals surface area (Å²) in [7, 11) is 1.85. The first-order valence-electron chi connectivity index (χ1n) is 9.27. The smallest absolute Gasteiger partial charge is 0.193 e. The molecule has 1 aliphatic rings. The number of furan rings is 1. The molecule has 1 fully saturated rings. The molecule has 0 radical (unpaired) electrons. The highest BCUT2D eigenvalue weighted by Gasteiger charge is 2.18. The van der Waals surface area contributed by atoms with Crippen LogP contribution in [0, 0.1) is 0 Å². The van der Waals surface area contributed by atoms with Gasteiger partial charge in [-0.15, -0.1) is 0 Å². The first kappa shape index (κ1) is 18.3. The molecule has 2 aromatic rings. The standard InChI is InChI=1S/C21H28N4O/c1-22-21(23-12-11-20-10-6-18-26-20)25-16-14-24(15-17-25)13-5-9-19-7-3-2-4-8-19/h2-10,18H,11-17H2,1H3,(H,22,23)/b9-5+. The van der Waals surface area contributed by atoms with E-state index in [1.165, 1.54) is 5.56 Å². The average Bonchev–Trinajstić information content (AvgIpc) is 3.20. The fourth-order valence-electron chi connectivity index (χ4n) is 3.13. The Labute approximate surface area is 156 Å². The van der Waals surface area contributed by atoms with Gasteiger partial charge in [0.1, 0.15) is 5.76 Å². The van der Waals surface area contributed by atoms with Crippen molar-refractivity contribution in [1.29, 1.82) is 0 Å². The van der Waals surface area contributed by atoms with Gasteiger partial charge in [0, 0.05) is 52.7 Å². The SMILES string of the molecule is CN=C(NCCc1ccco1)N1CCN(C/C=C/c2ccccc2)CC1. The van der Waals surface area contributed by atoms with Crippen LogP contribution < -0.4 is 5.32 Å². The van der Waals surface area contributed by atoms with Crippen molar-refractivity contribution in [3.8, 4) is 0 Å².